The summed E-state index contributed by atoms with van der Waals surface area (Å²) in [4.78, 5) is 66.7. The van der Waals surface area contributed by atoms with Crippen LogP contribution in [0.5, 0.6) is 0 Å². The molecule has 14 heteroatoms. The monoisotopic (exact) mass is 722 g/mol. The van der Waals surface area contributed by atoms with E-state index in [1.807, 2.05) is 11.0 Å². The third kappa shape index (κ3) is 13.5. The number of carboxylic acids is 3. The first-order valence-corrected chi connectivity index (χ1v) is 13.6. The first-order valence-electron chi connectivity index (χ1n) is 13.6. The van der Waals surface area contributed by atoms with Gasteiger partial charge in [-0.25, -0.2) is 0 Å². The Kier molecular flexibility index (Phi) is 15.7. The van der Waals surface area contributed by atoms with E-state index in [0.717, 1.165) is 0 Å². The zero-order valence-electron chi connectivity index (χ0n) is 23.9. The van der Waals surface area contributed by atoms with Gasteiger partial charge in [0.25, 0.3) is 0 Å². The number of hydrogen-bond donors (Lipinski definition) is 4. The van der Waals surface area contributed by atoms with Crippen LogP contribution in [0.25, 0.3) is 0 Å². The van der Waals surface area contributed by atoms with Crippen molar-refractivity contribution in [2.24, 2.45) is 0 Å². The second-order valence-electron chi connectivity index (χ2n) is 10.1. The summed E-state index contributed by atoms with van der Waals surface area (Å²) in [7, 11) is 0. The molecule has 13 nitrogen and oxygen atoms in total. The van der Waals surface area contributed by atoms with Crippen molar-refractivity contribution in [3.8, 4) is 0 Å². The van der Waals surface area contributed by atoms with E-state index in [0.29, 0.717) is 69.2 Å². The number of anilines is 1. The molecular weight excluding hydrogens is 685 g/mol. The Morgan fingerprint density at radius 3 is 1.26 bits per heavy atom. The predicted molar refractivity (Wildman–Crippen MR) is 154 cm³/mol. The summed E-state index contributed by atoms with van der Waals surface area (Å²) in [6, 6.07) is 15.5. The maximum absolute atomic E-state index is 13.0. The Morgan fingerprint density at radius 2 is 0.884 bits per heavy atom. The largest absolute Gasteiger partial charge is 0.480 e. The first kappa shape index (κ1) is 36.2. The van der Waals surface area contributed by atoms with Crippen LogP contribution >= 0.6 is 0 Å². The molecule has 1 aliphatic heterocycles. The van der Waals surface area contributed by atoms with E-state index >= 15 is 0 Å². The van der Waals surface area contributed by atoms with E-state index in [1.54, 1.807) is 63.2 Å². The molecule has 2 aromatic carbocycles. The van der Waals surface area contributed by atoms with Gasteiger partial charge in [-0.15, -0.1) is 0 Å². The molecule has 3 rings (SSSR count). The molecule has 0 aliphatic carbocycles. The third-order valence-electron chi connectivity index (χ3n) is 6.84. The summed E-state index contributed by atoms with van der Waals surface area (Å²) in [5.74, 6) is -3.50. The number of rotatable bonds is 11. The number of amides is 1. The average molecular weight is 723 g/mol. The zero-order chi connectivity index (χ0) is 30.5. The number of nitrogens with one attached hydrogen (secondary N) is 1. The Labute approximate surface area is 278 Å². The summed E-state index contributed by atoms with van der Waals surface area (Å²) < 4.78 is 0. The molecule has 0 bridgehead atoms. The van der Waals surface area contributed by atoms with Gasteiger partial charge in [-0.3, -0.25) is 43.6 Å². The van der Waals surface area contributed by atoms with E-state index in [1.165, 1.54) is 0 Å². The zero-order valence-corrected chi connectivity index (χ0v) is 27.6. The number of aliphatic carboxylic acids is 3. The van der Waals surface area contributed by atoms with Crippen molar-refractivity contribution in [1.82, 2.24) is 19.6 Å². The van der Waals surface area contributed by atoms with E-state index < -0.39 is 17.9 Å². The minimum absolute atomic E-state index is 0. The van der Waals surface area contributed by atoms with Crippen molar-refractivity contribution >= 4 is 35.3 Å². The number of carbonyl (C=O) groups is 5. The van der Waals surface area contributed by atoms with Crippen molar-refractivity contribution < 1.29 is 74.9 Å². The van der Waals surface area contributed by atoms with Gasteiger partial charge in [0.15, 0.2) is 5.78 Å². The predicted octanol–water partition coefficient (Wildman–Crippen LogP) is 0.332. The number of ketones is 1. The van der Waals surface area contributed by atoms with Crippen LogP contribution in [0.2, 0.25) is 0 Å². The maximum Gasteiger partial charge on any atom is 0.317 e. The van der Waals surface area contributed by atoms with Gasteiger partial charge in [0.1, 0.15) is 0 Å². The van der Waals surface area contributed by atoms with Crippen LogP contribution in [0.4, 0.5) is 5.69 Å². The molecule has 1 fully saturated rings. The Hall–Kier alpha value is -2.98. The molecule has 43 heavy (non-hydrogen) atoms. The number of carbonyl (C=O) groups excluding carboxylic acids is 2. The van der Waals surface area contributed by atoms with Crippen molar-refractivity contribution in [3.63, 3.8) is 0 Å². The maximum atomic E-state index is 13.0. The van der Waals surface area contributed by atoms with Crippen LogP contribution in [0.3, 0.4) is 0 Å². The van der Waals surface area contributed by atoms with E-state index in [9.17, 15) is 39.3 Å². The van der Waals surface area contributed by atoms with Crippen LogP contribution in [0.1, 0.15) is 15.9 Å². The smallest absolute Gasteiger partial charge is 0.317 e. The van der Waals surface area contributed by atoms with Gasteiger partial charge in [-0.2, -0.15) is 0 Å². The molecule has 4 N–H and O–H groups in total. The van der Waals surface area contributed by atoms with E-state index in [4.69, 9.17) is 0 Å². The summed E-state index contributed by atoms with van der Waals surface area (Å²) in [6.45, 7) is 1.77. The molecule has 0 saturated carbocycles. The first-order chi connectivity index (χ1) is 20.1. The van der Waals surface area contributed by atoms with E-state index in [-0.39, 0.29) is 73.5 Å². The van der Waals surface area contributed by atoms with Crippen LogP contribution in [0, 0.1) is 35.6 Å². The van der Waals surface area contributed by atoms with Gasteiger partial charge in [0.2, 0.25) is 5.91 Å². The molecule has 1 heterocycles. The van der Waals surface area contributed by atoms with Crippen molar-refractivity contribution in [2.75, 3.05) is 83.9 Å². The summed E-state index contributed by atoms with van der Waals surface area (Å²) in [6.07, 6.45) is 0. The third-order valence-corrected chi connectivity index (χ3v) is 6.84. The molecule has 1 aliphatic rings. The fraction of sp³-hybridized carbons (Fsp3) is 0.414. The Morgan fingerprint density at radius 1 is 0.535 bits per heavy atom. The SMILES string of the molecule is O=C(O)CN1CCN(CC(=O)O)CCN(CC(=O)Nc2ccc(C(=O)c3ccccc3)cc2)CCN(CC(=O)O)CC1.[La]. The molecular formula is C29H37LaN5O8. The molecule has 1 radical (unpaired) electrons. The topological polar surface area (TPSA) is 171 Å². The number of nitrogens with zero attached hydrogens (tertiary/aromatic N) is 4. The fourth-order valence-corrected chi connectivity index (χ4v) is 4.65. The van der Waals surface area contributed by atoms with Gasteiger partial charge in [-0.1, -0.05) is 30.3 Å². The van der Waals surface area contributed by atoms with E-state index in [2.05, 4.69) is 5.32 Å². The Balaban J connectivity index is 0.00000645. The summed E-state index contributed by atoms with van der Waals surface area (Å²) in [5.41, 5.74) is 1.56. The van der Waals surface area contributed by atoms with Crippen LogP contribution in [-0.2, 0) is 19.2 Å². The van der Waals surface area contributed by atoms with Crippen LogP contribution < -0.4 is 5.32 Å². The molecule has 0 spiro atoms. The van der Waals surface area contributed by atoms with Gasteiger partial charge in [0, 0.05) is 105 Å². The average Bonchev–Trinajstić information content (AvgIpc) is 2.94. The number of benzene rings is 2. The molecule has 229 valence electrons. The molecule has 1 saturated heterocycles. The molecule has 0 unspecified atom stereocenters. The second-order valence-corrected chi connectivity index (χ2v) is 10.1. The molecule has 0 aromatic heterocycles. The normalized spacial score (nSPS) is 16.2. The summed E-state index contributed by atoms with van der Waals surface area (Å²) >= 11 is 0. The minimum atomic E-state index is -1.02. The van der Waals surface area contributed by atoms with Gasteiger partial charge >= 0.3 is 17.9 Å². The van der Waals surface area contributed by atoms with Crippen molar-refractivity contribution in [3.05, 3.63) is 65.7 Å². The fourth-order valence-electron chi connectivity index (χ4n) is 4.65. The molecule has 0 atom stereocenters. The van der Waals surface area contributed by atoms with Gasteiger partial charge in [0.05, 0.1) is 26.2 Å². The quantitative estimate of drug-likeness (QED) is 0.235. The molecule has 1 amide bonds. The minimum Gasteiger partial charge on any atom is -0.480 e. The number of hydrogen-bond acceptors (Lipinski definition) is 9. The number of carboxylic acid groups (broad SMARTS) is 3. The second kappa shape index (κ2) is 18.6. The summed E-state index contributed by atoms with van der Waals surface area (Å²) in [5, 5.41) is 30.8. The van der Waals surface area contributed by atoms with Crippen molar-refractivity contribution in [1.29, 1.82) is 0 Å². The molecule has 2 aromatic rings. The van der Waals surface area contributed by atoms with Crippen molar-refractivity contribution in [2.45, 2.75) is 0 Å². The standard InChI is InChI=1S/C29H37N5O8.La/c35-25(30-24-8-6-23(7-9-24)29(42)22-4-2-1-3-5-22)18-31-10-12-32(19-26(36)37)14-16-34(21-28(40)41)17-15-33(13-11-31)20-27(38)39;/h1-9H,10-21H2,(H,30,35)(H,36,37)(H,38,39)(H,40,41);. The van der Waals surface area contributed by atoms with Crippen LogP contribution in [-0.4, -0.2) is 143 Å². The Bertz CT molecular complexity index is 1200. The van der Waals surface area contributed by atoms with Crippen LogP contribution in [0.15, 0.2) is 54.6 Å². The van der Waals surface area contributed by atoms with Gasteiger partial charge in [-0.05, 0) is 24.3 Å². The van der Waals surface area contributed by atoms with Gasteiger partial charge < -0.3 is 20.6 Å².